The van der Waals surface area contributed by atoms with Crippen molar-refractivity contribution in [2.75, 3.05) is 32.6 Å². The van der Waals surface area contributed by atoms with E-state index in [1.54, 1.807) is 48.0 Å². The molecular weight excluding hydrogens is 446 g/mol. The van der Waals surface area contributed by atoms with Crippen LogP contribution in [0.4, 0.5) is 10.6 Å². The molecule has 0 aromatic carbocycles. The minimum absolute atomic E-state index is 0.0272. The molecule has 0 radical (unpaired) electrons. The summed E-state index contributed by atoms with van der Waals surface area (Å²) in [5.74, 6) is 6.89. The molecule has 10 heteroatoms. The third-order valence-electron chi connectivity index (χ3n) is 5.11. The Kier molecular flexibility index (Phi) is 9.74. The van der Waals surface area contributed by atoms with Gasteiger partial charge in [-0.05, 0) is 58.6 Å². The second-order valence-electron chi connectivity index (χ2n) is 9.08. The van der Waals surface area contributed by atoms with E-state index < -0.39 is 17.7 Å². The molecule has 1 aliphatic rings. The smallest absolute Gasteiger partial charge is 0.410 e. The van der Waals surface area contributed by atoms with Crippen LogP contribution in [0.25, 0.3) is 0 Å². The molecule has 0 unspecified atom stereocenters. The molecule has 1 aliphatic carbocycles. The first-order chi connectivity index (χ1) is 15.5. The van der Waals surface area contributed by atoms with Crippen molar-refractivity contribution in [1.29, 1.82) is 0 Å². The molecule has 1 aromatic rings. The third kappa shape index (κ3) is 8.71. The van der Waals surface area contributed by atoms with E-state index in [2.05, 4.69) is 32.4 Å². The molecule has 1 heterocycles. The molecule has 2 rings (SSSR count). The lowest BCUT2D eigenvalue weighted by Gasteiger charge is -2.34. The Hall–Kier alpha value is -2.57. The molecule has 0 aliphatic heterocycles. The highest BCUT2D eigenvalue weighted by Gasteiger charge is 2.32. The first-order valence-electron chi connectivity index (χ1n) is 11.0. The van der Waals surface area contributed by atoms with Gasteiger partial charge in [0.2, 0.25) is 11.2 Å². The number of methoxy groups -OCH3 is 1. The molecule has 1 fully saturated rings. The largest absolute Gasteiger partial charge is 0.444 e. The number of hydrogen-bond acceptors (Lipinski definition) is 7. The lowest BCUT2D eigenvalue weighted by Crippen LogP contribution is -2.52. The van der Waals surface area contributed by atoms with Gasteiger partial charge in [0, 0.05) is 45.5 Å². The molecule has 0 spiro atoms. The minimum atomic E-state index is -0.636. The van der Waals surface area contributed by atoms with Crippen LogP contribution in [0.2, 0.25) is 5.28 Å². The summed E-state index contributed by atoms with van der Waals surface area (Å²) >= 11 is 5.92. The number of likely N-dealkylation sites (N-methyl/N-ethyl adjacent to an activating group) is 1. The highest BCUT2D eigenvalue weighted by Crippen LogP contribution is 2.27. The van der Waals surface area contributed by atoms with Gasteiger partial charge in [0.25, 0.3) is 0 Å². The molecule has 2 amide bonds. The number of hydrogen-bond donors (Lipinski definition) is 2. The van der Waals surface area contributed by atoms with Crippen LogP contribution in [0.3, 0.4) is 0 Å². The van der Waals surface area contributed by atoms with Crippen molar-refractivity contribution >= 4 is 29.4 Å². The second kappa shape index (κ2) is 12.1. The Morgan fingerprint density at radius 2 is 2.06 bits per heavy atom. The van der Waals surface area contributed by atoms with E-state index in [0.29, 0.717) is 24.5 Å². The van der Waals surface area contributed by atoms with Crippen LogP contribution in [0.1, 0.15) is 52.5 Å². The average Bonchev–Trinajstić information content (AvgIpc) is 2.71. The predicted octanol–water partition coefficient (Wildman–Crippen LogP) is 3.08. The number of nitrogens with zero attached hydrogens (tertiary/aromatic N) is 3. The van der Waals surface area contributed by atoms with Gasteiger partial charge in [-0.15, -0.1) is 0 Å². The van der Waals surface area contributed by atoms with Crippen LogP contribution >= 0.6 is 11.6 Å². The van der Waals surface area contributed by atoms with Crippen molar-refractivity contribution in [2.24, 2.45) is 5.92 Å². The van der Waals surface area contributed by atoms with Crippen molar-refractivity contribution < 1.29 is 19.1 Å². The summed E-state index contributed by atoms with van der Waals surface area (Å²) in [4.78, 5) is 34.2. The summed E-state index contributed by atoms with van der Waals surface area (Å²) in [6, 6.07) is -0.609. The highest BCUT2D eigenvalue weighted by molar-refractivity contribution is 6.28. The Balaban J connectivity index is 1.85. The van der Waals surface area contributed by atoms with E-state index in [4.69, 9.17) is 21.1 Å². The number of carbonyl (C=O) groups is 2. The van der Waals surface area contributed by atoms with E-state index >= 15 is 0 Å². The molecule has 0 saturated heterocycles. The number of nitrogens with one attached hydrogen (secondary N) is 2. The summed E-state index contributed by atoms with van der Waals surface area (Å²) < 4.78 is 10.4. The number of ether oxygens (including phenoxy) is 2. The zero-order valence-electron chi connectivity index (χ0n) is 20.2. The lowest BCUT2D eigenvalue weighted by atomic mass is 9.80. The quantitative estimate of drug-likeness (QED) is 0.335. The Labute approximate surface area is 201 Å². The normalized spacial score (nSPS) is 18.3. The van der Waals surface area contributed by atoms with Gasteiger partial charge in [-0.2, -0.15) is 4.98 Å². The molecule has 1 saturated carbocycles. The van der Waals surface area contributed by atoms with Crippen LogP contribution < -0.4 is 10.6 Å². The van der Waals surface area contributed by atoms with Crippen molar-refractivity contribution in [3.05, 3.63) is 17.0 Å². The van der Waals surface area contributed by atoms with E-state index in [1.807, 2.05) is 0 Å². The highest BCUT2D eigenvalue weighted by atomic mass is 35.5. The van der Waals surface area contributed by atoms with Crippen molar-refractivity contribution in [2.45, 2.75) is 64.6 Å². The predicted molar refractivity (Wildman–Crippen MR) is 127 cm³/mol. The summed E-state index contributed by atoms with van der Waals surface area (Å²) in [5.41, 5.74) is 0.0625. The first-order valence-corrected chi connectivity index (χ1v) is 11.4. The Morgan fingerprint density at radius 3 is 2.70 bits per heavy atom. The van der Waals surface area contributed by atoms with Crippen molar-refractivity contribution in [3.63, 3.8) is 0 Å². The average molecular weight is 480 g/mol. The van der Waals surface area contributed by atoms with E-state index in [1.165, 1.54) is 4.90 Å². The summed E-state index contributed by atoms with van der Waals surface area (Å²) in [6.07, 6.45) is 3.39. The monoisotopic (exact) mass is 479 g/mol. The summed E-state index contributed by atoms with van der Waals surface area (Å²) in [5, 5.41) is 6.35. The second-order valence-corrected chi connectivity index (χ2v) is 9.42. The topological polar surface area (TPSA) is 106 Å². The fourth-order valence-electron chi connectivity index (χ4n) is 3.03. The van der Waals surface area contributed by atoms with Gasteiger partial charge in [-0.3, -0.25) is 9.69 Å². The first kappa shape index (κ1) is 26.7. The van der Waals surface area contributed by atoms with Gasteiger partial charge in [0.05, 0.1) is 5.56 Å². The van der Waals surface area contributed by atoms with Crippen LogP contribution in [-0.2, 0) is 14.3 Å². The summed E-state index contributed by atoms with van der Waals surface area (Å²) in [7, 11) is 3.22. The fourth-order valence-corrected chi connectivity index (χ4v) is 3.17. The number of aromatic nitrogens is 2. The van der Waals surface area contributed by atoms with E-state index in [-0.39, 0.29) is 23.2 Å². The molecule has 33 heavy (non-hydrogen) atoms. The minimum Gasteiger partial charge on any atom is -0.444 e. The molecule has 0 bridgehead atoms. The number of rotatable bonds is 8. The molecule has 1 atom stereocenters. The van der Waals surface area contributed by atoms with Gasteiger partial charge >= 0.3 is 6.09 Å². The van der Waals surface area contributed by atoms with Crippen LogP contribution in [0.5, 0.6) is 0 Å². The molecule has 182 valence electrons. The van der Waals surface area contributed by atoms with E-state index in [0.717, 1.165) is 19.3 Å². The molecular formula is C23H34ClN5O4. The van der Waals surface area contributed by atoms with Gasteiger partial charge in [0.1, 0.15) is 17.5 Å². The Morgan fingerprint density at radius 1 is 1.36 bits per heavy atom. The van der Waals surface area contributed by atoms with Gasteiger partial charge in [-0.1, -0.05) is 11.8 Å². The number of halogens is 1. The number of carbonyl (C=O) groups excluding carboxylic acids is 2. The molecule has 2 N–H and O–H groups in total. The fraction of sp³-hybridized carbons (Fsp3) is 0.652. The Bertz CT molecular complexity index is 887. The van der Waals surface area contributed by atoms with Gasteiger partial charge in [0.15, 0.2) is 0 Å². The SMILES string of the molecule is COCCCNc1nc(Cl)ncc1C#CC1CC(NC(=O)[C@H](C)N(C)C(=O)OC(C)(C)C)C1. The molecule has 9 nitrogen and oxygen atoms in total. The third-order valence-corrected chi connectivity index (χ3v) is 5.30. The van der Waals surface area contributed by atoms with Crippen LogP contribution in [-0.4, -0.2) is 71.9 Å². The van der Waals surface area contributed by atoms with Crippen LogP contribution in [0.15, 0.2) is 6.20 Å². The van der Waals surface area contributed by atoms with Gasteiger partial charge in [-0.25, -0.2) is 9.78 Å². The zero-order chi connectivity index (χ0) is 24.6. The van der Waals surface area contributed by atoms with Crippen molar-refractivity contribution in [3.8, 4) is 11.8 Å². The zero-order valence-corrected chi connectivity index (χ0v) is 21.0. The maximum absolute atomic E-state index is 12.5. The maximum Gasteiger partial charge on any atom is 0.410 e. The summed E-state index contributed by atoms with van der Waals surface area (Å²) in [6.45, 7) is 8.37. The van der Waals surface area contributed by atoms with Crippen LogP contribution in [0, 0.1) is 17.8 Å². The maximum atomic E-state index is 12.5. The standard InChI is InChI=1S/C23H34ClN5O4/c1-15(29(5)22(31)33-23(2,3)4)20(30)27-18-12-16(13-18)8-9-17-14-26-21(24)28-19(17)25-10-7-11-32-6/h14-16,18H,7,10-13H2,1-6H3,(H,27,30)(H,25,26,28)/t15-,16?,18?/m0/s1. The van der Waals surface area contributed by atoms with E-state index in [9.17, 15) is 9.59 Å². The van der Waals surface area contributed by atoms with Gasteiger partial charge < -0.3 is 20.1 Å². The number of amides is 2. The molecule has 1 aromatic heterocycles. The lowest BCUT2D eigenvalue weighted by molar-refractivity contribution is -0.126. The number of anilines is 1. The van der Waals surface area contributed by atoms with Crippen molar-refractivity contribution in [1.82, 2.24) is 20.2 Å².